The first-order chi connectivity index (χ1) is 6.75. The molecule has 76 valence electrons. The van der Waals surface area contributed by atoms with Crippen molar-refractivity contribution in [2.75, 3.05) is 11.5 Å². The van der Waals surface area contributed by atoms with E-state index in [0.29, 0.717) is 6.04 Å². The van der Waals surface area contributed by atoms with Crippen LogP contribution in [-0.4, -0.2) is 17.5 Å². The zero-order valence-corrected chi connectivity index (χ0v) is 9.60. The molecular weight excluding hydrogens is 190 g/mol. The highest BCUT2D eigenvalue weighted by Crippen LogP contribution is 2.21. The first-order valence-electron chi connectivity index (χ1n) is 5.16. The molecule has 0 bridgehead atoms. The van der Waals surface area contributed by atoms with Gasteiger partial charge < -0.3 is 5.32 Å². The molecule has 0 aromatic heterocycles. The van der Waals surface area contributed by atoms with E-state index in [1.54, 1.807) is 0 Å². The molecule has 1 aliphatic rings. The molecule has 1 aromatic rings. The van der Waals surface area contributed by atoms with Gasteiger partial charge >= 0.3 is 0 Å². The van der Waals surface area contributed by atoms with E-state index in [1.807, 2.05) is 11.8 Å². The van der Waals surface area contributed by atoms with Crippen LogP contribution in [0.4, 0.5) is 0 Å². The third kappa shape index (κ3) is 2.31. The average molecular weight is 207 g/mol. The van der Waals surface area contributed by atoms with Crippen molar-refractivity contribution in [3.63, 3.8) is 0 Å². The Morgan fingerprint density at radius 3 is 2.79 bits per heavy atom. The van der Waals surface area contributed by atoms with E-state index in [1.165, 1.54) is 22.6 Å². The number of hydrogen-bond donors (Lipinski definition) is 1. The van der Waals surface area contributed by atoms with Crippen LogP contribution in [-0.2, 0) is 0 Å². The van der Waals surface area contributed by atoms with E-state index in [9.17, 15) is 0 Å². The summed E-state index contributed by atoms with van der Waals surface area (Å²) in [6.45, 7) is 4.40. The Hall–Kier alpha value is -0.470. The second kappa shape index (κ2) is 4.37. The second-order valence-electron chi connectivity index (χ2n) is 4.04. The lowest BCUT2D eigenvalue weighted by molar-refractivity contribution is 0.502. The SMILES string of the molecule is Cc1cccc(C(C)NC2CSC2)c1. The lowest BCUT2D eigenvalue weighted by atomic mass is 10.1. The minimum atomic E-state index is 0.487. The van der Waals surface area contributed by atoms with Crippen LogP contribution in [0.15, 0.2) is 24.3 Å². The predicted molar refractivity (Wildman–Crippen MR) is 63.8 cm³/mol. The molecule has 1 aromatic carbocycles. The number of aryl methyl sites for hydroxylation is 1. The molecule has 1 nitrogen and oxygen atoms in total. The maximum Gasteiger partial charge on any atom is 0.0295 e. The maximum absolute atomic E-state index is 3.64. The number of hydrogen-bond acceptors (Lipinski definition) is 2. The van der Waals surface area contributed by atoms with Crippen LogP contribution in [0.2, 0.25) is 0 Å². The Morgan fingerprint density at radius 2 is 2.21 bits per heavy atom. The Balaban J connectivity index is 1.98. The summed E-state index contributed by atoms with van der Waals surface area (Å²) in [6, 6.07) is 9.98. The largest absolute Gasteiger partial charge is 0.306 e. The molecule has 1 aliphatic heterocycles. The van der Waals surface area contributed by atoms with Crippen LogP contribution >= 0.6 is 11.8 Å². The smallest absolute Gasteiger partial charge is 0.0295 e. The van der Waals surface area contributed by atoms with E-state index in [0.717, 1.165) is 6.04 Å². The van der Waals surface area contributed by atoms with Gasteiger partial charge in [-0.25, -0.2) is 0 Å². The van der Waals surface area contributed by atoms with Crippen LogP contribution in [0.1, 0.15) is 24.1 Å². The number of thioether (sulfide) groups is 1. The topological polar surface area (TPSA) is 12.0 Å². The molecule has 0 spiro atoms. The van der Waals surface area contributed by atoms with Crippen molar-refractivity contribution in [1.29, 1.82) is 0 Å². The molecule has 14 heavy (non-hydrogen) atoms. The van der Waals surface area contributed by atoms with Crippen molar-refractivity contribution in [2.24, 2.45) is 0 Å². The third-order valence-electron chi connectivity index (χ3n) is 2.67. The minimum absolute atomic E-state index is 0.487. The van der Waals surface area contributed by atoms with Crippen molar-refractivity contribution >= 4 is 11.8 Å². The molecular formula is C12H17NS. The molecule has 0 radical (unpaired) electrons. The standard InChI is InChI=1S/C12H17NS/c1-9-4-3-5-11(6-9)10(2)13-12-7-14-8-12/h3-6,10,12-13H,7-8H2,1-2H3. The molecule has 0 aliphatic carbocycles. The monoisotopic (exact) mass is 207 g/mol. The summed E-state index contributed by atoms with van der Waals surface area (Å²) in [6.07, 6.45) is 0. The lowest BCUT2D eigenvalue weighted by Crippen LogP contribution is -2.41. The van der Waals surface area contributed by atoms with Crippen molar-refractivity contribution in [3.8, 4) is 0 Å². The van der Waals surface area contributed by atoms with Crippen LogP contribution in [0.3, 0.4) is 0 Å². The number of rotatable bonds is 3. The van der Waals surface area contributed by atoms with Gasteiger partial charge in [0, 0.05) is 23.6 Å². The summed E-state index contributed by atoms with van der Waals surface area (Å²) in [5, 5.41) is 3.64. The molecule has 1 saturated heterocycles. The molecule has 2 heteroatoms. The second-order valence-corrected chi connectivity index (χ2v) is 5.11. The fourth-order valence-corrected chi connectivity index (χ4v) is 2.39. The molecule has 1 heterocycles. The van der Waals surface area contributed by atoms with Crippen molar-refractivity contribution in [3.05, 3.63) is 35.4 Å². The quantitative estimate of drug-likeness (QED) is 0.818. The average Bonchev–Trinajstić information content (AvgIpc) is 2.11. The molecule has 1 atom stereocenters. The highest BCUT2D eigenvalue weighted by atomic mass is 32.2. The lowest BCUT2D eigenvalue weighted by Gasteiger charge is -2.29. The van der Waals surface area contributed by atoms with Gasteiger partial charge in [0.2, 0.25) is 0 Å². The van der Waals surface area contributed by atoms with Crippen molar-refractivity contribution in [2.45, 2.75) is 25.9 Å². The number of nitrogens with one attached hydrogen (secondary N) is 1. The first-order valence-corrected chi connectivity index (χ1v) is 6.31. The first kappa shape index (κ1) is 10.1. The molecule has 2 rings (SSSR count). The molecule has 0 saturated carbocycles. The van der Waals surface area contributed by atoms with E-state index in [4.69, 9.17) is 0 Å². The van der Waals surface area contributed by atoms with Gasteiger partial charge in [-0.05, 0) is 19.4 Å². The van der Waals surface area contributed by atoms with Crippen LogP contribution in [0.5, 0.6) is 0 Å². The van der Waals surface area contributed by atoms with Gasteiger partial charge in [0.05, 0.1) is 0 Å². The maximum atomic E-state index is 3.64. The van der Waals surface area contributed by atoms with Gasteiger partial charge in [-0.2, -0.15) is 11.8 Å². The molecule has 1 fully saturated rings. The van der Waals surface area contributed by atoms with Gasteiger partial charge in [-0.3, -0.25) is 0 Å². The Morgan fingerprint density at radius 1 is 1.43 bits per heavy atom. The summed E-state index contributed by atoms with van der Waals surface area (Å²) in [5.41, 5.74) is 2.75. The summed E-state index contributed by atoms with van der Waals surface area (Å²) in [4.78, 5) is 0. The molecule has 0 amide bonds. The predicted octanol–water partition coefficient (Wildman–Crippen LogP) is 2.76. The number of benzene rings is 1. The summed E-state index contributed by atoms with van der Waals surface area (Å²) >= 11 is 2.02. The summed E-state index contributed by atoms with van der Waals surface area (Å²) in [5.74, 6) is 2.55. The van der Waals surface area contributed by atoms with Gasteiger partial charge in [0.25, 0.3) is 0 Å². The zero-order chi connectivity index (χ0) is 9.97. The van der Waals surface area contributed by atoms with Crippen LogP contribution < -0.4 is 5.32 Å². The van der Waals surface area contributed by atoms with Gasteiger partial charge in [-0.1, -0.05) is 29.8 Å². The van der Waals surface area contributed by atoms with E-state index in [-0.39, 0.29) is 0 Å². The van der Waals surface area contributed by atoms with Crippen molar-refractivity contribution in [1.82, 2.24) is 5.32 Å². The van der Waals surface area contributed by atoms with Crippen LogP contribution in [0.25, 0.3) is 0 Å². The van der Waals surface area contributed by atoms with E-state index in [2.05, 4.69) is 43.4 Å². The minimum Gasteiger partial charge on any atom is -0.306 e. The van der Waals surface area contributed by atoms with E-state index >= 15 is 0 Å². The summed E-state index contributed by atoms with van der Waals surface area (Å²) < 4.78 is 0. The fraction of sp³-hybridized carbons (Fsp3) is 0.500. The van der Waals surface area contributed by atoms with Gasteiger partial charge in [0.15, 0.2) is 0 Å². The van der Waals surface area contributed by atoms with Gasteiger partial charge in [-0.15, -0.1) is 0 Å². The van der Waals surface area contributed by atoms with E-state index < -0.39 is 0 Å². The van der Waals surface area contributed by atoms with Crippen molar-refractivity contribution < 1.29 is 0 Å². The summed E-state index contributed by atoms with van der Waals surface area (Å²) in [7, 11) is 0. The highest BCUT2D eigenvalue weighted by molar-refractivity contribution is 8.00. The Labute approximate surface area is 90.3 Å². The normalized spacial score (nSPS) is 19.0. The molecule has 1 unspecified atom stereocenters. The third-order valence-corrected chi connectivity index (χ3v) is 3.94. The van der Waals surface area contributed by atoms with Crippen LogP contribution in [0, 0.1) is 6.92 Å². The highest BCUT2D eigenvalue weighted by Gasteiger charge is 2.20. The Bertz CT molecular complexity index is 307. The molecule has 1 N–H and O–H groups in total. The fourth-order valence-electron chi connectivity index (χ4n) is 1.72. The Kier molecular flexibility index (Phi) is 3.14. The zero-order valence-electron chi connectivity index (χ0n) is 8.79. The van der Waals surface area contributed by atoms with Gasteiger partial charge in [0.1, 0.15) is 0 Å².